The van der Waals surface area contributed by atoms with E-state index in [0.29, 0.717) is 0 Å². The van der Waals surface area contributed by atoms with Crippen LogP contribution in [0.1, 0.15) is 5.56 Å². The zero-order valence-electron chi connectivity index (χ0n) is 16.1. The maximum Gasteiger partial charge on any atom is 0.244 e. The van der Waals surface area contributed by atoms with E-state index in [1.807, 2.05) is 41.4 Å². The molecule has 2 aromatic heterocycles. The summed E-state index contributed by atoms with van der Waals surface area (Å²) in [7, 11) is 0. The molecule has 3 heterocycles. The highest BCUT2D eigenvalue weighted by Crippen LogP contribution is 2.18. The minimum Gasteiger partial charge on any atom is -0.339 e. The molecule has 0 aliphatic carbocycles. The Labute approximate surface area is 168 Å². The summed E-state index contributed by atoms with van der Waals surface area (Å²) in [6.07, 6.45) is 1.84. The lowest BCUT2D eigenvalue weighted by Gasteiger charge is -2.34. The van der Waals surface area contributed by atoms with E-state index >= 15 is 0 Å². The van der Waals surface area contributed by atoms with Crippen LogP contribution >= 0.6 is 0 Å². The van der Waals surface area contributed by atoms with E-state index in [4.69, 9.17) is 0 Å². The monoisotopic (exact) mass is 386 g/mol. The van der Waals surface area contributed by atoms with E-state index in [-0.39, 0.29) is 12.5 Å². The second-order valence-corrected chi connectivity index (χ2v) is 7.38. The van der Waals surface area contributed by atoms with Gasteiger partial charge in [-0.3, -0.25) is 14.7 Å². The van der Waals surface area contributed by atoms with Crippen LogP contribution in [0.5, 0.6) is 0 Å². The summed E-state index contributed by atoms with van der Waals surface area (Å²) in [6.45, 7) is 4.24. The zero-order valence-corrected chi connectivity index (χ0v) is 16.1. The van der Waals surface area contributed by atoms with Crippen LogP contribution in [0.3, 0.4) is 0 Å². The quantitative estimate of drug-likeness (QED) is 0.539. The van der Waals surface area contributed by atoms with Gasteiger partial charge in [-0.05, 0) is 23.8 Å². The predicted octanol–water partition coefficient (Wildman–Crippen LogP) is 2.32. The van der Waals surface area contributed by atoms with Crippen LogP contribution in [0, 0.1) is 0 Å². The molecule has 1 amide bonds. The number of rotatable bonds is 4. The Morgan fingerprint density at radius 3 is 2.66 bits per heavy atom. The van der Waals surface area contributed by atoms with Gasteiger partial charge in [0.2, 0.25) is 5.91 Å². The molecule has 29 heavy (non-hydrogen) atoms. The summed E-state index contributed by atoms with van der Waals surface area (Å²) in [5.74, 6) is 0.0899. The highest BCUT2D eigenvalue weighted by atomic mass is 16.2. The van der Waals surface area contributed by atoms with Gasteiger partial charge in [-0.25, -0.2) is 4.68 Å². The molecule has 0 saturated carbocycles. The molecular formula is C22H22N6O. The van der Waals surface area contributed by atoms with E-state index in [1.54, 1.807) is 4.68 Å². The fraction of sp³-hybridized carbons (Fsp3) is 0.273. The Balaban J connectivity index is 1.21. The van der Waals surface area contributed by atoms with Crippen LogP contribution < -0.4 is 0 Å². The molecule has 0 bridgehead atoms. The van der Waals surface area contributed by atoms with Crippen molar-refractivity contribution >= 4 is 27.8 Å². The third kappa shape index (κ3) is 3.56. The largest absolute Gasteiger partial charge is 0.339 e. The van der Waals surface area contributed by atoms with Crippen molar-refractivity contribution in [2.45, 2.75) is 13.1 Å². The predicted molar refractivity (Wildman–Crippen MR) is 111 cm³/mol. The SMILES string of the molecule is O=C(Cn1nnc2ccccc21)N1CCN(Cc2cccc3cccnc23)CC1. The van der Waals surface area contributed by atoms with Gasteiger partial charge in [0.05, 0.1) is 11.0 Å². The van der Waals surface area contributed by atoms with Crippen molar-refractivity contribution in [2.24, 2.45) is 0 Å². The first-order chi connectivity index (χ1) is 14.3. The summed E-state index contributed by atoms with van der Waals surface area (Å²) in [6, 6.07) is 18.1. The number of hydrogen-bond acceptors (Lipinski definition) is 5. The molecule has 0 atom stereocenters. The number of carbonyl (C=O) groups excluding carboxylic acids is 1. The molecular weight excluding hydrogens is 364 g/mol. The van der Waals surface area contributed by atoms with Crippen molar-refractivity contribution in [3.05, 3.63) is 66.4 Å². The first-order valence-electron chi connectivity index (χ1n) is 9.89. The van der Waals surface area contributed by atoms with Crippen molar-refractivity contribution in [1.29, 1.82) is 0 Å². The zero-order chi connectivity index (χ0) is 19.6. The number of piperazine rings is 1. The number of nitrogens with zero attached hydrogens (tertiary/aromatic N) is 6. The van der Waals surface area contributed by atoms with Crippen LogP contribution in [0.15, 0.2) is 60.8 Å². The number of hydrogen-bond donors (Lipinski definition) is 0. The molecule has 4 aromatic rings. The molecule has 146 valence electrons. The van der Waals surface area contributed by atoms with Gasteiger partial charge in [0.15, 0.2) is 0 Å². The first-order valence-corrected chi connectivity index (χ1v) is 9.89. The summed E-state index contributed by atoms with van der Waals surface area (Å²) in [5, 5.41) is 9.43. The molecule has 0 radical (unpaired) electrons. The molecule has 7 heteroatoms. The van der Waals surface area contributed by atoms with E-state index in [0.717, 1.165) is 49.3 Å². The van der Waals surface area contributed by atoms with Crippen molar-refractivity contribution in [1.82, 2.24) is 29.8 Å². The van der Waals surface area contributed by atoms with Gasteiger partial charge in [0, 0.05) is 44.3 Å². The molecule has 0 N–H and O–H groups in total. The van der Waals surface area contributed by atoms with Gasteiger partial charge in [0.1, 0.15) is 12.1 Å². The topological polar surface area (TPSA) is 67.2 Å². The van der Waals surface area contributed by atoms with Gasteiger partial charge in [-0.2, -0.15) is 0 Å². The number of pyridine rings is 1. The van der Waals surface area contributed by atoms with Crippen LogP contribution in [0.2, 0.25) is 0 Å². The molecule has 1 fully saturated rings. The molecule has 1 aliphatic rings. The fourth-order valence-corrected chi connectivity index (χ4v) is 3.95. The molecule has 2 aromatic carbocycles. The van der Waals surface area contributed by atoms with Crippen molar-refractivity contribution in [3.63, 3.8) is 0 Å². The van der Waals surface area contributed by atoms with E-state index < -0.39 is 0 Å². The number of benzene rings is 2. The molecule has 5 rings (SSSR count). The highest BCUT2D eigenvalue weighted by molar-refractivity contribution is 5.81. The maximum atomic E-state index is 12.8. The van der Waals surface area contributed by atoms with E-state index in [1.165, 1.54) is 10.9 Å². The highest BCUT2D eigenvalue weighted by Gasteiger charge is 2.22. The third-order valence-corrected chi connectivity index (χ3v) is 5.54. The average molecular weight is 386 g/mol. The van der Waals surface area contributed by atoms with Crippen LogP contribution in [-0.4, -0.2) is 61.9 Å². The normalized spacial score (nSPS) is 15.2. The Morgan fingerprint density at radius 1 is 0.931 bits per heavy atom. The van der Waals surface area contributed by atoms with Crippen LogP contribution in [0.4, 0.5) is 0 Å². The van der Waals surface area contributed by atoms with Crippen molar-refractivity contribution in [3.8, 4) is 0 Å². The van der Waals surface area contributed by atoms with Gasteiger partial charge >= 0.3 is 0 Å². The number of amides is 1. The van der Waals surface area contributed by atoms with E-state index in [9.17, 15) is 4.79 Å². The Morgan fingerprint density at radius 2 is 1.76 bits per heavy atom. The molecule has 1 saturated heterocycles. The fourth-order valence-electron chi connectivity index (χ4n) is 3.95. The Hall–Kier alpha value is -3.32. The second-order valence-electron chi connectivity index (χ2n) is 7.38. The molecule has 0 spiro atoms. The standard InChI is InChI=1S/C22H22N6O/c29-21(16-28-20-9-2-1-8-19(20)24-25-28)27-13-11-26(12-14-27)15-18-6-3-5-17-7-4-10-23-22(17)18/h1-10H,11-16H2. The van der Waals surface area contributed by atoms with Crippen LogP contribution in [-0.2, 0) is 17.9 Å². The smallest absolute Gasteiger partial charge is 0.244 e. The summed E-state index contributed by atoms with van der Waals surface area (Å²) >= 11 is 0. The third-order valence-electron chi connectivity index (χ3n) is 5.54. The lowest BCUT2D eigenvalue weighted by molar-refractivity contribution is -0.133. The first kappa shape index (κ1) is 17.8. The minimum atomic E-state index is 0.0899. The summed E-state index contributed by atoms with van der Waals surface area (Å²) < 4.78 is 1.69. The minimum absolute atomic E-state index is 0.0899. The Bertz CT molecular complexity index is 1160. The van der Waals surface area contributed by atoms with Crippen LogP contribution in [0.25, 0.3) is 21.9 Å². The van der Waals surface area contributed by atoms with Gasteiger partial charge in [0.25, 0.3) is 0 Å². The number of carbonyl (C=O) groups is 1. The van der Waals surface area contributed by atoms with Gasteiger partial charge in [-0.15, -0.1) is 5.10 Å². The van der Waals surface area contributed by atoms with Gasteiger partial charge in [-0.1, -0.05) is 41.6 Å². The van der Waals surface area contributed by atoms with Crippen molar-refractivity contribution in [2.75, 3.05) is 26.2 Å². The summed E-state index contributed by atoms with van der Waals surface area (Å²) in [4.78, 5) is 21.6. The number of para-hydroxylation sites is 2. The molecule has 1 aliphatic heterocycles. The number of fused-ring (bicyclic) bond motifs is 2. The van der Waals surface area contributed by atoms with E-state index in [2.05, 4.69) is 44.5 Å². The summed E-state index contributed by atoms with van der Waals surface area (Å²) in [5.41, 5.74) is 4.00. The lowest BCUT2D eigenvalue weighted by Crippen LogP contribution is -2.49. The van der Waals surface area contributed by atoms with Gasteiger partial charge < -0.3 is 4.90 Å². The number of aromatic nitrogens is 4. The molecule has 0 unspecified atom stereocenters. The average Bonchev–Trinajstić information content (AvgIpc) is 3.17. The second kappa shape index (κ2) is 7.60. The Kier molecular flexibility index (Phi) is 4.65. The lowest BCUT2D eigenvalue weighted by atomic mass is 10.1. The molecule has 7 nitrogen and oxygen atoms in total. The van der Waals surface area contributed by atoms with Crippen molar-refractivity contribution < 1.29 is 4.79 Å². The maximum absolute atomic E-state index is 12.8.